The smallest absolute Gasteiger partial charge is 0.280 e. The predicted octanol–water partition coefficient (Wildman–Crippen LogP) is 3.81. The van der Waals surface area contributed by atoms with Crippen molar-refractivity contribution in [2.45, 2.75) is 39.5 Å². The Hall–Kier alpha value is -1.91. The Bertz CT molecular complexity index is 534. The van der Waals surface area contributed by atoms with Gasteiger partial charge in [0.05, 0.1) is 10.5 Å². The van der Waals surface area contributed by atoms with Gasteiger partial charge in [0.25, 0.3) is 5.69 Å². The number of nitro groups is 1. The van der Waals surface area contributed by atoms with Gasteiger partial charge in [-0.3, -0.25) is 14.9 Å². The predicted molar refractivity (Wildman–Crippen MR) is 82.9 cm³/mol. The van der Waals surface area contributed by atoms with Crippen LogP contribution in [0.1, 0.15) is 49.9 Å². The molecule has 21 heavy (non-hydrogen) atoms. The van der Waals surface area contributed by atoms with Gasteiger partial charge in [-0.05, 0) is 37.8 Å². The highest BCUT2D eigenvalue weighted by molar-refractivity contribution is 5.99. The van der Waals surface area contributed by atoms with Gasteiger partial charge in [0.2, 0.25) is 0 Å². The summed E-state index contributed by atoms with van der Waals surface area (Å²) in [6.45, 7) is 5.50. The molecule has 5 heteroatoms. The van der Waals surface area contributed by atoms with Crippen LogP contribution in [-0.4, -0.2) is 23.8 Å². The molecule has 0 spiro atoms. The van der Waals surface area contributed by atoms with Gasteiger partial charge in [0.15, 0.2) is 5.78 Å². The molecule has 0 radical (unpaired) electrons. The molecule has 1 heterocycles. The fraction of sp³-hybridized carbons (Fsp3) is 0.562. The molecular formula is C16H22N2O3. The quantitative estimate of drug-likeness (QED) is 0.470. The largest absolute Gasteiger partial charge is 0.371 e. The van der Waals surface area contributed by atoms with E-state index >= 15 is 0 Å². The highest BCUT2D eigenvalue weighted by Gasteiger charge is 2.22. The average Bonchev–Trinajstić information content (AvgIpc) is 2.47. The van der Waals surface area contributed by atoms with Gasteiger partial charge < -0.3 is 4.90 Å². The Balaban J connectivity index is 2.16. The maximum atomic E-state index is 11.6. The van der Waals surface area contributed by atoms with Crippen molar-refractivity contribution in [1.29, 1.82) is 0 Å². The third kappa shape index (κ3) is 3.60. The molecule has 114 valence electrons. The molecule has 1 aliphatic heterocycles. The molecule has 0 bridgehead atoms. The maximum absolute atomic E-state index is 11.6. The molecule has 0 atom stereocenters. The minimum atomic E-state index is -0.492. The first-order valence-electron chi connectivity index (χ1n) is 7.57. The standard InChI is InChI=1S/C16H22N2O3/c1-3-4-13-7-9-17(10-8-13)14-5-6-16(18(20)21)15(11-14)12(2)19/h5-6,11,13H,3-4,7-10H2,1-2H3. The van der Waals surface area contributed by atoms with Gasteiger partial charge in [-0.2, -0.15) is 0 Å². The molecule has 0 N–H and O–H groups in total. The highest BCUT2D eigenvalue weighted by atomic mass is 16.6. The maximum Gasteiger partial charge on any atom is 0.280 e. The zero-order valence-corrected chi connectivity index (χ0v) is 12.7. The van der Waals surface area contributed by atoms with E-state index in [0.29, 0.717) is 0 Å². The summed E-state index contributed by atoms with van der Waals surface area (Å²) in [5.74, 6) is 0.529. The topological polar surface area (TPSA) is 63.4 Å². The van der Waals surface area contributed by atoms with Crippen LogP contribution in [0.25, 0.3) is 0 Å². The van der Waals surface area contributed by atoms with Crippen molar-refractivity contribution in [3.05, 3.63) is 33.9 Å². The van der Waals surface area contributed by atoms with Crippen LogP contribution in [0.5, 0.6) is 0 Å². The second-order valence-corrected chi connectivity index (χ2v) is 5.73. The third-order valence-corrected chi connectivity index (χ3v) is 4.23. The van der Waals surface area contributed by atoms with Crippen molar-refractivity contribution in [3.8, 4) is 0 Å². The van der Waals surface area contributed by atoms with E-state index in [1.54, 1.807) is 12.1 Å². The number of carbonyl (C=O) groups is 1. The molecule has 1 fully saturated rings. The van der Waals surface area contributed by atoms with Crippen molar-refractivity contribution < 1.29 is 9.72 Å². The Labute approximate surface area is 125 Å². The first kappa shape index (κ1) is 15.5. The second kappa shape index (κ2) is 6.70. The molecule has 1 aromatic carbocycles. The number of Topliss-reactive ketones (excluding diaryl/α,β-unsaturated/α-hetero) is 1. The van der Waals surface area contributed by atoms with Gasteiger partial charge in [0.1, 0.15) is 0 Å². The number of nitro benzene ring substituents is 1. The van der Waals surface area contributed by atoms with E-state index in [1.165, 1.54) is 25.8 Å². The van der Waals surface area contributed by atoms with Gasteiger partial charge >= 0.3 is 0 Å². The molecule has 0 saturated carbocycles. The third-order valence-electron chi connectivity index (χ3n) is 4.23. The number of hydrogen-bond acceptors (Lipinski definition) is 4. The molecular weight excluding hydrogens is 268 g/mol. The molecule has 5 nitrogen and oxygen atoms in total. The lowest BCUT2D eigenvalue weighted by Crippen LogP contribution is -2.33. The van der Waals surface area contributed by atoms with E-state index < -0.39 is 4.92 Å². The number of rotatable bonds is 5. The lowest BCUT2D eigenvalue weighted by atomic mass is 9.92. The average molecular weight is 290 g/mol. The van der Waals surface area contributed by atoms with Crippen LogP contribution in [0.2, 0.25) is 0 Å². The fourth-order valence-electron chi connectivity index (χ4n) is 3.05. The summed E-state index contributed by atoms with van der Waals surface area (Å²) in [4.78, 5) is 24.3. The summed E-state index contributed by atoms with van der Waals surface area (Å²) >= 11 is 0. The summed E-state index contributed by atoms with van der Waals surface area (Å²) in [6.07, 6.45) is 4.80. The van der Waals surface area contributed by atoms with Crippen LogP contribution in [0.4, 0.5) is 11.4 Å². The van der Waals surface area contributed by atoms with E-state index in [1.807, 2.05) is 0 Å². The number of nitrogens with zero attached hydrogens (tertiary/aromatic N) is 2. The summed E-state index contributed by atoms with van der Waals surface area (Å²) in [5, 5.41) is 11.0. The van der Waals surface area contributed by atoms with Crippen LogP contribution in [0, 0.1) is 16.0 Å². The van der Waals surface area contributed by atoms with E-state index in [4.69, 9.17) is 0 Å². The van der Waals surface area contributed by atoms with Crippen molar-refractivity contribution in [2.24, 2.45) is 5.92 Å². The second-order valence-electron chi connectivity index (χ2n) is 5.73. The van der Waals surface area contributed by atoms with Crippen molar-refractivity contribution >= 4 is 17.2 Å². The first-order valence-corrected chi connectivity index (χ1v) is 7.57. The van der Waals surface area contributed by atoms with Crippen molar-refractivity contribution in [1.82, 2.24) is 0 Å². The molecule has 0 amide bonds. The normalized spacial score (nSPS) is 16.0. The van der Waals surface area contributed by atoms with Gasteiger partial charge in [0, 0.05) is 24.8 Å². The minimum Gasteiger partial charge on any atom is -0.371 e. The molecule has 1 saturated heterocycles. The van der Waals surface area contributed by atoms with Gasteiger partial charge in [-0.15, -0.1) is 0 Å². The first-order chi connectivity index (χ1) is 10.0. The fourth-order valence-corrected chi connectivity index (χ4v) is 3.05. The van der Waals surface area contributed by atoms with E-state index in [2.05, 4.69) is 11.8 Å². The molecule has 0 aliphatic carbocycles. The minimum absolute atomic E-state index is 0.105. The van der Waals surface area contributed by atoms with E-state index in [9.17, 15) is 14.9 Å². The summed E-state index contributed by atoms with van der Waals surface area (Å²) < 4.78 is 0. The number of benzene rings is 1. The zero-order valence-electron chi connectivity index (χ0n) is 12.7. The zero-order chi connectivity index (χ0) is 15.4. The van der Waals surface area contributed by atoms with E-state index in [0.717, 1.165) is 37.5 Å². The van der Waals surface area contributed by atoms with Gasteiger partial charge in [-0.25, -0.2) is 0 Å². The Morgan fingerprint density at radius 1 is 1.38 bits per heavy atom. The highest BCUT2D eigenvalue weighted by Crippen LogP contribution is 2.29. The van der Waals surface area contributed by atoms with Crippen molar-refractivity contribution in [2.75, 3.05) is 18.0 Å². The summed E-state index contributed by atoms with van der Waals surface area (Å²) in [5.41, 5.74) is 1.01. The Morgan fingerprint density at radius 3 is 2.57 bits per heavy atom. The molecule has 1 aromatic rings. The van der Waals surface area contributed by atoms with Gasteiger partial charge in [-0.1, -0.05) is 19.8 Å². The van der Waals surface area contributed by atoms with Crippen LogP contribution >= 0.6 is 0 Å². The Kier molecular flexibility index (Phi) is 4.94. The number of carbonyl (C=O) groups excluding carboxylic acids is 1. The number of hydrogen-bond donors (Lipinski definition) is 0. The number of ketones is 1. The summed E-state index contributed by atoms with van der Waals surface area (Å²) in [7, 11) is 0. The molecule has 2 rings (SSSR count). The van der Waals surface area contributed by atoms with E-state index in [-0.39, 0.29) is 17.0 Å². The SMILES string of the molecule is CCCC1CCN(c2ccc([N+](=O)[O-])c(C(C)=O)c2)CC1. The monoisotopic (exact) mass is 290 g/mol. The molecule has 0 unspecified atom stereocenters. The van der Waals surface area contributed by atoms with Crippen LogP contribution in [0.15, 0.2) is 18.2 Å². The molecule has 1 aliphatic rings. The van der Waals surface area contributed by atoms with Crippen LogP contribution in [0.3, 0.4) is 0 Å². The van der Waals surface area contributed by atoms with Crippen molar-refractivity contribution in [3.63, 3.8) is 0 Å². The number of piperidine rings is 1. The summed E-state index contributed by atoms with van der Waals surface area (Å²) in [6, 6.07) is 4.87. The lowest BCUT2D eigenvalue weighted by Gasteiger charge is -2.33. The van der Waals surface area contributed by atoms with Crippen LogP contribution in [-0.2, 0) is 0 Å². The number of anilines is 1. The lowest BCUT2D eigenvalue weighted by molar-refractivity contribution is -0.385. The molecule has 0 aromatic heterocycles. The van der Waals surface area contributed by atoms with Crippen LogP contribution < -0.4 is 4.90 Å². The Morgan fingerprint density at radius 2 is 2.05 bits per heavy atom.